The fourth-order valence-electron chi connectivity index (χ4n) is 6.03. The maximum Gasteiger partial charge on any atom is 0.343 e. The molecule has 8 heteroatoms. The van der Waals surface area contributed by atoms with Crippen LogP contribution in [0.25, 0.3) is 11.1 Å². The molecule has 0 amide bonds. The van der Waals surface area contributed by atoms with Gasteiger partial charge < -0.3 is 28.4 Å². The van der Waals surface area contributed by atoms with E-state index in [-0.39, 0.29) is 12.8 Å². The standard InChI is InChI=1S/C30H31NO7/c1-15-7-8-17(13-16(15)2)21-18-11-12-31(3)24(22(18)27(35-6)29-28(21)36-14-37-29)25-19-9-10-20(33-4)26(34-5)23(19)30(32)38-25/h7-10,13,24-25H,11-12,14H2,1-6H3. The van der Waals surface area contributed by atoms with E-state index in [1.165, 1.54) is 18.2 Å². The zero-order chi connectivity index (χ0) is 26.7. The summed E-state index contributed by atoms with van der Waals surface area (Å²) in [5.74, 6) is 2.32. The summed E-state index contributed by atoms with van der Waals surface area (Å²) in [6.45, 7) is 5.09. The highest BCUT2D eigenvalue weighted by Crippen LogP contribution is 2.58. The predicted octanol–water partition coefficient (Wildman–Crippen LogP) is 5.17. The van der Waals surface area contributed by atoms with Gasteiger partial charge >= 0.3 is 5.97 Å². The molecule has 3 aromatic carbocycles. The molecular weight excluding hydrogens is 486 g/mol. The molecule has 0 fully saturated rings. The molecular formula is C30H31NO7. The van der Waals surface area contributed by atoms with E-state index in [2.05, 4.69) is 36.9 Å². The first-order chi connectivity index (χ1) is 18.4. The lowest BCUT2D eigenvalue weighted by atomic mass is 9.81. The minimum atomic E-state index is -0.580. The van der Waals surface area contributed by atoms with Gasteiger partial charge in [-0.05, 0) is 55.6 Å². The minimum Gasteiger partial charge on any atom is -0.493 e. The van der Waals surface area contributed by atoms with Crippen molar-refractivity contribution < 1.29 is 33.2 Å². The van der Waals surface area contributed by atoms with Crippen LogP contribution in [-0.2, 0) is 11.2 Å². The minimum absolute atomic E-state index is 0.116. The number of aryl methyl sites for hydroxylation is 2. The molecule has 2 unspecified atom stereocenters. The number of esters is 1. The number of nitrogens with zero attached hydrogens (tertiary/aromatic N) is 1. The maximum absolute atomic E-state index is 13.2. The summed E-state index contributed by atoms with van der Waals surface area (Å²) < 4.78 is 35.2. The topological polar surface area (TPSA) is 75.7 Å². The Hall–Kier alpha value is -3.91. The second kappa shape index (κ2) is 9.13. The van der Waals surface area contributed by atoms with Crippen LogP contribution in [0.4, 0.5) is 0 Å². The Morgan fingerprint density at radius 1 is 0.895 bits per heavy atom. The molecule has 0 N–H and O–H groups in total. The van der Waals surface area contributed by atoms with Crippen LogP contribution < -0.4 is 23.7 Å². The number of hydrogen-bond donors (Lipinski definition) is 0. The van der Waals surface area contributed by atoms with Crippen LogP contribution >= 0.6 is 0 Å². The number of fused-ring (bicyclic) bond motifs is 3. The number of methoxy groups -OCH3 is 3. The van der Waals surface area contributed by atoms with Gasteiger partial charge in [-0.15, -0.1) is 0 Å². The van der Waals surface area contributed by atoms with Crippen molar-refractivity contribution >= 4 is 5.97 Å². The first-order valence-electron chi connectivity index (χ1n) is 12.7. The van der Waals surface area contributed by atoms with E-state index in [1.807, 2.05) is 19.2 Å². The van der Waals surface area contributed by atoms with E-state index >= 15 is 0 Å². The van der Waals surface area contributed by atoms with Gasteiger partial charge in [-0.3, -0.25) is 4.90 Å². The largest absolute Gasteiger partial charge is 0.493 e. The number of rotatable bonds is 5. The van der Waals surface area contributed by atoms with Gasteiger partial charge in [0.25, 0.3) is 0 Å². The molecule has 0 saturated heterocycles. The van der Waals surface area contributed by atoms with Crippen LogP contribution in [0.5, 0.6) is 28.7 Å². The van der Waals surface area contributed by atoms with Crippen molar-refractivity contribution in [1.82, 2.24) is 4.90 Å². The van der Waals surface area contributed by atoms with E-state index in [4.69, 9.17) is 28.4 Å². The lowest BCUT2D eigenvalue weighted by Gasteiger charge is -2.39. The molecule has 198 valence electrons. The molecule has 0 saturated carbocycles. The van der Waals surface area contributed by atoms with Gasteiger partial charge in [0.05, 0.1) is 27.4 Å². The van der Waals surface area contributed by atoms with Gasteiger partial charge in [0.1, 0.15) is 11.7 Å². The highest BCUT2D eigenvalue weighted by Gasteiger charge is 2.47. The van der Waals surface area contributed by atoms with Crippen LogP contribution in [0.2, 0.25) is 0 Å². The van der Waals surface area contributed by atoms with Gasteiger partial charge in [0.2, 0.25) is 12.5 Å². The van der Waals surface area contributed by atoms with E-state index in [0.29, 0.717) is 34.3 Å². The Labute approximate surface area is 222 Å². The average molecular weight is 518 g/mol. The molecule has 3 heterocycles. The highest BCUT2D eigenvalue weighted by atomic mass is 16.7. The van der Waals surface area contributed by atoms with E-state index in [0.717, 1.165) is 40.8 Å². The summed E-state index contributed by atoms with van der Waals surface area (Å²) in [6, 6.07) is 9.82. The fourth-order valence-corrected chi connectivity index (χ4v) is 6.03. The molecule has 0 radical (unpaired) electrons. The van der Waals surface area contributed by atoms with Crippen LogP contribution in [-0.4, -0.2) is 52.6 Å². The first kappa shape index (κ1) is 24.4. The molecule has 0 bridgehead atoms. The normalized spacial score (nSPS) is 19.6. The number of carbonyl (C=O) groups is 1. The third-order valence-corrected chi connectivity index (χ3v) is 8.01. The smallest absolute Gasteiger partial charge is 0.343 e. The number of hydrogen-bond acceptors (Lipinski definition) is 8. The Balaban J connectivity index is 1.60. The van der Waals surface area contributed by atoms with Crippen LogP contribution in [0.3, 0.4) is 0 Å². The molecule has 3 aromatic rings. The number of cyclic esters (lactones) is 1. The third-order valence-electron chi connectivity index (χ3n) is 8.01. The molecule has 3 aliphatic rings. The van der Waals surface area contributed by atoms with Crippen LogP contribution in [0.1, 0.15) is 50.3 Å². The number of benzene rings is 3. The van der Waals surface area contributed by atoms with Gasteiger partial charge in [-0.1, -0.05) is 24.3 Å². The average Bonchev–Trinajstić information content (AvgIpc) is 3.53. The lowest BCUT2D eigenvalue weighted by molar-refractivity contribution is 0.00877. The quantitative estimate of drug-likeness (QED) is 0.430. The summed E-state index contributed by atoms with van der Waals surface area (Å²) in [5.41, 5.74) is 7.70. The summed E-state index contributed by atoms with van der Waals surface area (Å²) in [6.07, 6.45) is 0.195. The first-order valence-corrected chi connectivity index (χ1v) is 12.7. The Morgan fingerprint density at radius 2 is 1.66 bits per heavy atom. The Kier molecular flexibility index (Phi) is 5.87. The molecule has 38 heavy (non-hydrogen) atoms. The van der Waals surface area contributed by atoms with E-state index < -0.39 is 12.1 Å². The molecule has 8 nitrogen and oxygen atoms in total. The fraction of sp³-hybridized carbons (Fsp3) is 0.367. The molecule has 0 spiro atoms. The monoisotopic (exact) mass is 517 g/mol. The predicted molar refractivity (Wildman–Crippen MR) is 141 cm³/mol. The molecule has 2 atom stereocenters. The van der Waals surface area contributed by atoms with Crippen molar-refractivity contribution in [3.63, 3.8) is 0 Å². The van der Waals surface area contributed by atoms with E-state index in [1.54, 1.807) is 14.2 Å². The number of ether oxygens (including phenoxy) is 6. The van der Waals surface area contributed by atoms with Crippen LogP contribution in [0, 0.1) is 13.8 Å². The van der Waals surface area contributed by atoms with Crippen molar-refractivity contribution in [1.29, 1.82) is 0 Å². The van der Waals surface area contributed by atoms with Crippen LogP contribution in [0.15, 0.2) is 30.3 Å². The Morgan fingerprint density at radius 3 is 2.37 bits per heavy atom. The second-order valence-electron chi connectivity index (χ2n) is 9.93. The van der Waals surface area contributed by atoms with Crippen molar-refractivity contribution in [2.75, 3.05) is 41.7 Å². The Bertz CT molecular complexity index is 1460. The SMILES string of the molecule is COc1ccc2c(c1OC)C(=O)OC2C1c2c(c(-c3ccc(C)c(C)c3)c3c(c2OC)OCO3)CCN1C. The van der Waals surface area contributed by atoms with Gasteiger partial charge in [-0.25, -0.2) is 4.79 Å². The number of carbonyl (C=O) groups excluding carboxylic acids is 1. The highest BCUT2D eigenvalue weighted by molar-refractivity contribution is 5.98. The summed E-state index contributed by atoms with van der Waals surface area (Å²) in [4.78, 5) is 15.4. The van der Waals surface area contributed by atoms with Crippen molar-refractivity contribution in [2.45, 2.75) is 32.4 Å². The van der Waals surface area contributed by atoms with Gasteiger partial charge in [0, 0.05) is 23.2 Å². The molecule has 0 aliphatic carbocycles. The molecule has 0 aromatic heterocycles. The van der Waals surface area contributed by atoms with Crippen molar-refractivity contribution in [3.8, 4) is 39.9 Å². The second-order valence-corrected chi connectivity index (χ2v) is 9.93. The number of likely N-dealkylation sites (N-methyl/N-ethyl adjacent to an activating group) is 1. The maximum atomic E-state index is 13.2. The zero-order valence-corrected chi connectivity index (χ0v) is 22.5. The molecule has 6 rings (SSSR count). The zero-order valence-electron chi connectivity index (χ0n) is 22.5. The van der Waals surface area contributed by atoms with Crippen molar-refractivity contribution in [2.24, 2.45) is 0 Å². The summed E-state index contributed by atoms with van der Waals surface area (Å²) in [7, 11) is 6.76. The third kappa shape index (κ3) is 3.43. The molecule has 3 aliphatic heterocycles. The summed E-state index contributed by atoms with van der Waals surface area (Å²) in [5, 5.41) is 0. The lowest BCUT2D eigenvalue weighted by Crippen LogP contribution is -2.36. The summed E-state index contributed by atoms with van der Waals surface area (Å²) >= 11 is 0. The van der Waals surface area contributed by atoms with Gasteiger partial charge in [0.15, 0.2) is 23.0 Å². The van der Waals surface area contributed by atoms with Crippen molar-refractivity contribution in [3.05, 3.63) is 63.7 Å². The van der Waals surface area contributed by atoms with Gasteiger partial charge in [-0.2, -0.15) is 0 Å². The van der Waals surface area contributed by atoms with E-state index in [9.17, 15) is 4.79 Å².